The summed E-state index contributed by atoms with van der Waals surface area (Å²) in [5.41, 5.74) is 1.19. The van der Waals surface area contributed by atoms with Gasteiger partial charge >= 0.3 is 0 Å². The van der Waals surface area contributed by atoms with Gasteiger partial charge in [-0.15, -0.1) is 0 Å². The summed E-state index contributed by atoms with van der Waals surface area (Å²) in [5.74, 6) is -0.181. The second kappa shape index (κ2) is 3.28. The Morgan fingerprint density at radius 3 is 2.62 bits per heavy atom. The molecule has 0 unspecified atom stereocenters. The molecule has 13 heavy (non-hydrogen) atoms. The van der Waals surface area contributed by atoms with Crippen LogP contribution in [0.1, 0.15) is 28.4 Å². The number of carbonyl (C=O) groups excluding carboxylic acids is 1. The van der Waals surface area contributed by atoms with Crippen molar-refractivity contribution in [3.05, 3.63) is 28.8 Å². The average Bonchev–Trinajstić information content (AvgIpc) is 2.04. The lowest BCUT2D eigenvalue weighted by Crippen LogP contribution is -1.98. The molecule has 0 amide bonds. The first-order chi connectivity index (χ1) is 6.07. The van der Waals surface area contributed by atoms with Crippen molar-refractivity contribution in [1.29, 1.82) is 5.26 Å². The van der Waals surface area contributed by atoms with E-state index in [-0.39, 0.29) is 17.1 Å². The van der Waals surface area contributed by atoms with Gasteiger partial charge in [-0.1, -0.05) is 0 Å². The number of hydrogen-bond acceptors (Lipinski definition) is 3. The van der Waals surface area contributed by atoms with E-state index in [1.165, 1.54) is 19.1 Å². The highest BCUT2D eigenvalue weighted by atomic mass is 16.3. The number of benzene rings is 1. The first-order valence-corrected chi connectivity index (χ1v) is 3.81. The Hall–Kier alpha value is -1.82. The molecule has 0 saturated carbocycles. The van der Waals surface area contributed by atoms with Gasteiger partial charge in [0.25, 0.3) is 0 Å². The van der Waals surface area contributed by atoms with Crippen LogP contribution in [0.15, 0.2) is 12.1 Å². The number of phenols is 1. The molecular formula is C10H9NO2. The van der Waals surface area contributed by atoms with E-state index in [0.29, 0.717) is 11.1 Å². The number of aromatic hydroxyl groups is 1. The summed E-state index contributed by atoms with van der Waals surface area (Å²) in [6.07, 6.45) is 0. The van der Waals surface area contributed by atoms with Crippen LogP contribution >= 0.6 is 0 Å². The van der Waals surface area contributed by atoms with E-state index in [2.05, 4.69) is 0 Å². The maximum atomic E-state index is 11.1. The molecule has 0 heterocycles. The molecule has 0 aliphatic carbocycles. The number of Topliss-reactive ketones (excluding diaryl/α,β-unsaturated/α-hetero) is 1. The molecule has 0 aromatic heterocycles. The Bertz CT molecular complexity index is 402. The largest absolute Gasteiger partial charge is 0.507 e. The van der Waals surface area contributed by atoms with Crippen molar-refractivity contribution in [2.75, 3.05) is 0 Å². The fraction of sp³-hybridized carbons (Fsp3) is 0.200. The zero-order valence-electron chi connectivity index (χ0n) is 7.46. The smallest absolute Gasteiger partial charge is 0.160 e. The van der Waals surface area contributed by atoms with Gasteiger partial charge in [0.15, 0.2) is 5.78 Å². The highest BCUT2D eigenvalue weighted by molar-refractivity contribution is 5.96. The fourth-order valence-corrected chi connectivity index (χ4v) is 1.22. The Morgan fingerprint density at radius 1 is 1.54 bits per heavy atom. The molecule has 3 heteroatoms. The second-order valence-corrected chi connectivity index (χ2v) is 2.80. The highest BCUT2D eigenvalue weighted by Gasteiger charge is 2.11. The minimum absolute atomic E-state index is 0.0787. The lowest BCUT2D eigenvalue weighted by atomic mass is 10.00. The number of nitrogens with zero attached hydrogens (tertiary/aromatic N) is 1. The molecule has 1 aromatic rings. The predicted octanol–water partition coefficient (Wildman–Crippen LogP) is 1.77. The third kappa shape index (κ3) is 1.52. The van der Waals surface area contributed by atoms with Crippen LogP contribution in [-0.4, -0.2) is 10.9 Å². The summed E-state index contributed by atoms with van der Waals surface area (Å²) in [6.45, 7) is 3.08. The molecule has 0 fully saturated rings. The summed E-state index contributed by atoms with van der Waals surface area (Å²) in [6, 6.07) is 4.74. The summed E-state index contributed by atoms with van der Waals surface area (Å²) in [4.78, 5) is 11.1. The molecule has 0 aliphatic rings. The van der Waals surface area contributed by atoms with Gasteiger partial charge in [-0.2, -0.15) is 5.26 Å². The van der Waals surface area contributed by atoms with Crippen molar-refractivity contribution < 1.29 is 9.90 Å². The number of ketones is 1. The lowest BCUT2D eigenvalue weighted by molar-refractivity contribution is 0.101. The minimum atomic E-state index is -0.103. The van der Waals surface area contributed by atoms with E-state index in [4.69, 9.17) is 5.26 Å². The molecule has 3 nitrogen and oxygen atoms in total. The van der Waals surface area contributed by atoms with Gasteiger partial charge in [0.1, 0.15) is 11.8 Å². The fourth-order valence-electron chi connectivity index (χ4n) is 1.22. The van der Waals surface area contributed by atoms with Crippen LogP contribution in [0.5, 0.6) is 5.75 Å². The average molecular weight is 175 g/mol. The lowest BCUT2D eigenvalue weighted by Gasteiger charge is -2.04. The van der Waals surface area contributed by atoms with Crippen molar-refractivity contribution in [2.24, 2.45) is 0 Å². The van der Waals surface area contributed by atoms with Crippen LogP contribution in [0.25, 0.3) is 0 Å². The van der Waals surface area contributed by atoms with Gasteiger partial charge in [0.05, 0.1) is 5.56 Å². The Balaban J connectivity index is 3.47. The molecule has 0 bridgehead atoms. The van der Waals surface area contributed by atoms with Gasteiger partial charge in [-0.25, -0.2) is 0 Å². The van der Waals surface area contributed by atoms with Gasteiger partial charge in [-0.05, 0) is 31.5 Å². The van der Waals surface area contributed by atoms with Crippen LogP contribution in [0, 0.1) is 18.3 Å². The summed E-state index contributed by atoms with van der Waals surface area (Å²) in [7, 11) is 0. The molecule has 0 radical (unpaired) electrons. The monoisotopic (exact) mass is 175 g/mol. The number of nitriles is 1. The first kappa shape index (κ1) is 9.27. The van der Waals surface area contributed by atoms with Gasteiger partial charge in [-0.3, -0.25) is 4.79 Å². The Morgan fingerprint density at radius 2 is 2.15 bits per heavy atom. The van der Waals surface area contributed by atoms with Crippen LogP contribution < -0.4 is 0 Å². The zero-order chi connectivity index (χ0) is 10.0. The van der Waals surface area contributed by atoms with Crippen molar-refractivity contribution in [1.82, 2.24) is 0 Å². The second-order valence-electron chi connectivity index (χ2n) is 2.80. The number of phenolic OH excluding ortho intramolecular Hbond substituents is 1. The van der Waals surface area contributed by atoms with Crippen molar-refractivity contribution >= 4 is 5.78 Å². The van der Waals surface area contributed by atoms with Gasteiger partial charge < -0.3 is 5.11 Å². The SMILES string of the molecule is CC(=O)c1ccc(O)c(C#N)c1C. The zero-order valence-corrected chi connectivity index (χ0v) is 7.46. The van der Waals surface area contributed by atoms with E-state index < -0.39 is 0 Å². The van der Waals surface area contributed by atoms with Crippen LogP contribution in [-0.2, 0) is 0 Å². The predicted molar refractivity (Wildman–Crippen MR) is 47.6 cm³/mol. The maximum absolute atomic E-state index is 11.1. The Labute approximate surface area is 76.2 Å². The van der Waals surface area contributed by atoms with Crippen LogP contribution in [0.4, 0.5) is 0 Å². The molecule has 0 spiro atoms. The number of rotatable bonds is 1. The van der Waals surface area contributed by atoms with Crippen LogP contribution in [0.3, 0.4) is 0 Å². The molecule has 1 N–H and O–H groups in total. The normalized spacial score (nSPS) is 9.31. The maximum Gasteiger partial charge on any atom is 0.160 e. The van der Waals surface area contributed by atoms with E-state index in [9.17, 15) is 9.90 Å². The summed E-state index contributed by atoms with van der Waals surface area (Å²) in [5, 5.41) is 17.9. The van der Waals surface area contributed by atoms with Gasteiger partial charge in [0, 0.05) is 5.56 Å². The summed E-state index contributed by atoms with van der Waals surface area (Å²) < 4.78 is 0. The molecule has 0 atom stereocenters. The third-order valence-corrected chi connectivity index (χ3v) is 1.93. The molecule has 0 aliphatic heterocycles. The topological polar surface area (TPSA) is 61.1 Å². The van der Waals surface area contributed by atoms with E-state index in [1.807, 2.05) is 6.07 Å². The van der Waals surface area contributed by atoms with E-state index in [0.717, 1.165) is 0 Å². The molecule has 0 saturated heterocycles. The van der Waals surface area contributed by atoms with Crippen molar-refractivity contribution in [3.63, 3.8) is 0 Å². The number of hydrogen-bond donors (Lipinski definition) is 1. The van der Waals surface area contributed by atoms with Crippen molar-refractivity contribution in [3.8, 4) is 11.8 Å². The molecule has 1 aromatic carbocycles. The Kier molecular flexibility index (Phi) is 2.34. The molecule has 1 rings (SSSR count). The quantitative estimate of drug-likeness (QED) is 0.661. The van der Waals surface area contributed by atoms with Gasteiger partial charge in [0.2, 0.25) is 0 Å². The third-order valence-electron chi connectivity index (χ3n) is 1.93. The minimum Gasteiger partial charge on any atom is -0.507 e. The highest BCUT2D eigenvalue weighted by Crippen LogP contribution is 2.23. The van der Waals surface area contributed by atoms with Crippen molar-refractivity contribution in [2.45, 2.75) is 13.8 Å². The van der Waals surface area contributed by atoms with E-state index >= 15 is 0 Å². The summed E-state index contributed by atoms with van der Waals surface area (Å²) >= 11 is 0. The molecule has 66 valence electrons. The van der Waals surface area contributed by atoms with Crippen LogP contribution in [0.2, 0.25) is 0 Å². The van der Waals surface area contributed by atoms with E-state index in [1.54, 1.807) is 6.92 Å². The molecular weight excluding hydrogens is 166 g/mol. The first-order valence-electron chi connectivity index (χ1n) is 3.81. The number of carbonyl (C=O) groups is 1. The standard InChI is InChI=1S/C10H9NO2/c1-6-8(7(2)12)3-4-10(13)9(6)5-11/h3-4,13H,1-2H3.